The lowest BCUT2D eigenvalue weighted by Crippen LogP contribution is -2.48. The van der Waals surface area contributed by atoms with E-state index < -0.39 is 11.9 Å². The number of hydrogen-bond donors (Lipinski definition) is 2. The minimum absolute atomic E-state index is 0.226. The topological polar surface area (TPSA) is 93.3 Å². The maximum atomic E-state index is 12.3. The molecule has 1 aromatic carbocycles. The van der Waals surface area contributed by atoms with Crippen molar-refractivity contribution >= 4 is 23.0 Å². The number of likely N-dealkylation sites (tertiary alicyclic amines) is 1. The number of imidazole rings is 1. The number of fused-ring (bicyclic) bond motifs is 1. The molecule has 24 heavy (non-hydrogen) atoms. The van der Waals surface area contributed by atoms with Crippen molar-refractivity contribution in [3.8, 4) is 0 Å². The molecular weight excluding hydrogens is 306 g/mol. The van der Waals surface area contributed by atoms with E-state index in [1.807, 2.05) is 18.2 Å². The Morgan fingerprint density at radius 3 is 2.92 bits per heavy atom. The molecule has 128 valence electrons. The van der Waals surface area contributed by atoms with E-state index in [0.29, 0.717) is 25.9 Å². The molecule has 0 unspecified atom stereocenters. The summed E-state index contributed by atoms with van der Waals surface area (Å²) in [6.45, 7) is 3.97. The maximum Gasteiger partial charge on any atom is 0.318 e. The zero-order valence-electron chi connectivity index (χ0n) is 13.9. The molecule has 0 bridgehead atoms. The van der Waals surface area contributed by atoms with Crippen molar-refractivity contribution in [1.82, 2.24) is 19.8 Å². The smallest absolute Gasteiger partial charge is 0.318 e. The van der Waals surface area contributed by atoms with Gasteiger partial charge < -0.3 is 20.5 Å². The highest BCUT2D eigenvalue weighted by molar-refractivity contribution is 5.86. The molecule has 3 amide bonds. The number of rotatable bonds is 5. The van der Waals surface area contributed by atoms with Crippen LogP contribution in [0.5, 0.6) is 0 Å². The molecule has 0 aliphatic carbocycles. The second kappa shape index (κ2) is 6.90. The Bertz CT molecular complexity index is 755. The van der Waals surface area contributed by atoms with E-state index in [2.05, 4.69) is 27.9 Å². The Kier molecular flexibility index (Phi) is 4.69. The van der Waals surface area contributed by atoms with Gasteiger partial charge in [0.05, 0.1) is 11.0 Å². The molecule has 1 aromatic heterocycles. The van der Waals surface area contributed by atoms with Crippen LogP contribution in [0.3, 0.4) is 0 Å². The van der Waals surface area contributed by atoms with E-state index in [1.165, 1.54) is 4.90 Å². The third kappa shape index (κ3) is 3.06. The molecule has 7 heteroatoms. The molecule has 1 aliphatic heterocycles. The van der Waals surface area contributed by atoms with Gasteiger partial charge in [-0.15, -0.1) is 0 Å². The van der Waals surface area contributed by atoms with Gasteiger partial charge >= 0.3 is 6.03 Å². The monoisotopic (exact) mass is 329 g/mol. The first-order chi connectivity index (χ1) is 11.6. The van der Waals surface area contributed by atoms with Crippen LogP contribution in [0.15, 0.2) is 24.3 Å². The molecule has 0 radical (unpaired) electrons. The predicted molar refractivity (Wildman–Crippen MR) is 91.4 cm³/mol. The third-order valence-electron chi connectivity index (χ3n) is 4.52. The highest BCUT2D eigenvalue weighted by Gasteiger charge is 2.32. The van der Waals surface area contributed by atoms with Gasteiger partial charge in [0.25, 0.3) is 0 Å². The van der Waals surface area contributed by atoms with Crippen molar-refractivity contribution < 1.29 is 9.59 Å². The summed E-state index contributed by atoms with van der Waals surface area (Å²) < 4.78 is 2.16. The number of benzene rings is 1. The fourth-order valence-corrected chi connectivity index (χ4v) is 3.36. The van der Waals surface area contributed by atoms with Crippen LogP contribution in [-0.2, 0) is 17.8 Å². The number of hydrogen-bond acceptors (Lipinski definition) is 3. The molecule has 0 spiro atoms. The molecule has 0 saturated carbocycles. The Hall–Kier alpha value is -2.57. The fourth-order valence-electron chi connectivity index (χ4n) is 3.36. The zero-order chi connectivity index (χ0) is 17.1. The molecule has 3 N–H and O–H groups in total. The van der Waals surface area contributed by atoms with Crippen molar-refractivity contribution in [1.29, 1.82) is 0 Å². The number of urea groups is 1. The second-order valence-electron chi connectivity index (χ2n) is 6.00. The largest absolute Gasteiger partial charge is 0.368 e. The van der Waals surface area contributed by atoms with Crippen molar-refractivity contribution in [3.63, 3.8) is 0 Å². The van der Waals surface area contributed by atoms with Crippen LogP contribution in [-0.4, -0.2) is 45.5 Å². The Morgan fingerprint density at radius 2 is 2.17 bits per heavy atom. The Morgan fingerprint density at radius 1 is 1.38 bits per heavy atom. The zero-order valence-corrected chi connectivity index (χ0v) is 13.9. The predicted octanol–water partition coefficient (Wildman–Crippen LogP) is 1.26. The Labute approximate surface area is 140 Å². The van der Waals surface area contributed by atoms with Gasteiger partial charge in [0.2, 0.25) is 5.91 Å². The van der Waals surface area contributed by atoms with Gasteiger partial charge in [0, 0.05) is 26.1 Å². The minimum atomic E-state index is -0.481. The van der Waals surface area contributed by atoms with Gasteiger partial charge in [-0.3, -0.25) is 4.79 Å². The van der Waals surface area contributed by atoms with Gasteiger partial charge in [0.15, 0.2) is 0 Å². The van der Waals surface area contributed by atoms with Crippen LogP contribution < -0.4 is 11.1 Å². The number of nitrogens with two attached hydrogens (primary N) is 1. The summed E-state index contributed by atoms with van der Waals surface area (Å²) in [5.41, 5.74) is 7.43. The lowest BCUT2D eigenvalue weighted by Gasteiger charge is -2.22. The van der Waals surface area contributed by atoms with Gasteiger partial charge in [-0.25, -0.2) is 9.78 Å². The van der Waals surface area contributed by atoms with Gasteiger partial charge in [-0.1, -0.05) is 12.1 Å². The van der Waals surface area contributed by atoms with Crippen LogP contribution in [0.2, 0.25) is 0 Å². The number of carbonyl (C=O) groups is 2. The van der Waals surface area contributed by atoms with Gasteiger partial charge in [0.1, 0.15) is 11.9 Å². The van der Waals surface area contributed by atoms with E-state index in [9.17, 15) is 9.59 Å². The fraction of sp³-hybridized carbons (Fsp3) is 0.471. The molecule has 1 fully saturated rings. The van der Waals surface area contributed by atoms with E-state index >= 15 is 0 Å². The molecule has 3 rings (SSSR count). The average Bonchev–Trinajstić information content (AvgIpc) is 3.19. The first-order valence-corrected chi connectivity index (χ1v) is 8.39. The van der Waals surface area contributed by atoms with Crippen LogP contribution in [0, 0.1) is 0 Å². The SMILES string of the molecule is CCn1c(CCNC(=O)N2CCC[C@@H]2C(N)=O)nc2ccccc21. The van der Waals surface area contributed by atoms with Crippen molar-refractivity contribution in [2.45, 2.75) is 38.8 Å². The molecule has 2 heterocycles. The van der Waals surface area contributed by atoms with Gasteiger partial charge in [-0.2, -0.15) is 0 Å². The Balaban J connectivity index is 1.62. The molecule has 2 aromatic rings. The average molecular weight is 329 g/mol. The molecule has 1 saturated heterocycles. The van der Waals surface area contributed by atoms with Crippen LogP contribution in [0.25, 0.3) is 11.0 Å². The van der Waals surface area contributed by atoms with E-state index in [-0.39, 0.29) is 6.03 Å². The van der Waals surface area contributed by atoms with Crippen molar-refractivity contribution in [3.05, 3.63) is 30.1 Å². The molecule has 1 aliphatic rings. The first kappa shape index (κ1) is 16.3. The summed E-state index contributed by atoms with van der Waals surface area (Å²) >= 11 is 0. The maximum absolute atomic E-state index is 12.3. The van der Waals surface area contributed by atoms with Crippen molar-refractivity contribution in [2.24, 2.45) is 5.73 Å². The van der Waals surface area contributed by atoms with E-state index in [0.717, 1.165) is 29.8 Å². The van der Waals surface area contributed by atoms with Gasteiger partial charge in [-0.05, 0) is 31.9 Å². The third-order valence-corrected chi connectivity index (χ3v) is 4.52. The highest BCUT2D eigenvalue weighted by Crippen LogP contribution is 2.17. The number of nitrogens with one attached hydrogen (secondary N) is 1. The van der Waals surface area contributed by atoms with E-state index in [4.69, 9.17) is 5.73 Å². The number of nitrogens with zero attached hydrogens (tertiary/aromatic N) is 3. The molecular formula is C17H23N5O2. The standard InChI is InChI=1S/C17H23N5O2/c1-2-21-13-7-4-3-6-12(13)20-15(21)9-10-19-17(24)22-11-5-8-14(22)16(18)23/h3-4,6-7,14H,2,5,8-11H2,1H3,(H2,18,23)(H,19,24)/t14-/m1/s1. The number of aryl methyl sites for hydroxylation is 1. The summed E-state index contributed by atoms with van der Waals surface area (Å²) in [4.78, 5) is 29.8. The minimum Gasteiger partial charge on any atom is -0.368 e. The number of para-hydroxylation sites is 2. The summed E-state index contributed by atoms with van der Waals surface area (Å²) in [6.07, 6.45) is 2.10. The quantitative estimate of drug-likeness (QED) is 0.865. The number of primary amides is 1. The van der Waals surface area contributed by atoms with Crippen LogP contribution >= 0.6 is 0 Å². The number of aromatic nitrogens is 2. The lowest BCUT2D eigenvalue weighted by atomic mass is 10.2. The normalized spacial score (nSPS) is 17.4. The highest BCUT2D eigenvalue weighted by atomic mass is 16.2. The number of carbonyl (C=O) groups excluding carboxylic acids is 2. The summed E-state index contributed by atoms with van der Waals surface area (Å²) in [7, 11) is 0. The van der Waals surface area contributed by atoms with Crippen LogP contribution in [0.1, 0.15) is 25.6 Å². The summed E-state index contributed by atoms with van der Waals surface area (Å²) in [6, 6.07) is 7.30. The molecule has 7 nitrogen and oxygen atoms in total. The molecule has 1 atom stereocenters. The lowest BCUT2D eigenvalue weighted by molar-refractivity contribution is -0.121. The number of amides is 3. The van der Waals surface area contributed by atoms with Crippen LogP contribution in [0.4, 0.5) is 4.79 Å². The summed E-state index contributed by atoms with van der Waals surface area (Å²) in [5.74, 6) is 0.516. The van der Waals surface area contributed by atoms with E-state index in [1.54, 1.807) is 0 Å². The van der Waals surface area contributed by atoms with Crippen molar-refractivity contribution in [2.75, 3.05) is 13.1 Å². The summed E-state index contributed by atoms with van der Waals surface area (Å²) in [5, 5.41) is 2.88. The second-order valence-corrected chi connectivity index (χ2v) is 6.00. The first-order valence-electron chi connectivity index (χ1n) is 8.39.